The first kappa shape index (κ1) is 17.3. The summed E-state index contributed by atoms with van der Waals surface area (Å²) in [4.78, 5) is 21.4. The van der Waals surface area contributed by atoms with Crippen LogP contribution in [0.2, 0.25) is 0 Å². The molecular weight excluding hydrogens is 297 g/mol. The molecule has 0 aliphatic rings. The number of carbonyl (C=O) groups is 2. The van der Waals surface area contributed by atoms with Gasteiger partial charge in [-0.3, -0.25) is 9.59 Å². The SMILES string of the molecule is CCCCCC(C(=O)O)C(C)C(=O)O.[Cd]. The topological polar surface area (TPSA) is 74.6 Å². The molecule has 0 aromatic rings. The van der Waals surface area contributed by atoms with Crippen molar-refractivity contribution in [2.75, 3.05) is 0 Å². The first-order valence-corrected chi connectivity index (χ1v) is 4.96. The van der Waals surface area contributed by atoms with Gasteiger partial charge in [-0.05, 0) is 6.42 Å². The molecule has 0 fully saturated rings. The number of rotatable bonds is 7. The van der Waals surface area contributed by atoms with Gasteiger partial charge in [-0.1, -0.05) is 33.1 Å². The second-order valence-electron chi connectivity index (χ2n) is 3.57. The number of aliphatic carboxylic acids is 2. The molecule has 0 saturated carbocycles. The molecule has 0 radical (unpaired) electrons. The first-order chi connectivity index (χ1) is 6.50. The molecule has 2 N–H and O–H groups in total. The van der Waals surface area contributed by atoms with E-state index in [4.69, 9.17) is 10.2 Å². The van der Waals surface area contributed by atoms with Gasteiger partial charge >= 0.3 is 11.9 Å². The van der Waals surface area contributed by atoms with E-state index in [1.54, 1.807) is 0 Å². The molecule has 0 amide bonds. The van der Waals surface area contributed by atoms with E-state index in [9.17, 15) is 9.59 Å². The van der Waals surface area contributed by atoms with Crippen molar-refractivity contribution in [2.24, 2.45) is 11.8 Å². The van der Waals surface area contributed by atoms with Crippen LogP contribution in [0.4, 0.5) is 0 Å². The Balaban J connectivity index is 0. The van der Waals surface area contributed by atoms with Crippen LogP contribution in [0.3, 0.4) is 0 Å². The minimum absolute atomic E-state index is 0. The Hall–Kier alpha value is -0.138. The number of carboxylic acids is 2. The molecule has 15 heavy (non-hydrogen) atoms. The third kappa shape index (κ3) is 6.86. The summed E-state index contributed by atoms with van der Waals surface area (Å²) in [6, 6.07) is 0. The van der Waals surface area contributed by atoms with Gasteiger partial charge in [-0.25, -0.2) is 0 Å². The third-order valence-electron chi connectivity index (χ3n) is 2.43. The molecule has 0 saturated heterocycles. The van der Waals surface area contributed by atoms with E-state index in [0.29, 0.717) is 6.42 Å². The van der Waals surface area contributed by atoms with Crippen molar-refractivity contribution in [1.82, 2.24) is 0 Å². The molecule has 0 aromatic carbocycles. The zero-order valence-electron chi connectivity index (χ0n) is 9.40. The summed E-state index contributed by atoms with van der Waals surface area (Å²) in [6.07, 6.45) is 3.20. The maximum absolute atomic E-state index is 10.8. The van der Waals surface area contributed by atoms with E-state index >= 15 is 0 Å². The number of carboxylic acid groups (broad SMARTS) is 2. The average molecular weight is 315 g/mol. The van der Waals surface area contributed by atoms with E-state index in [-0.39, 0.29) is 27.3 Å². The Morgan fingerprint density at radius 1 is 1.13 bits per heavy atom. The van der Waals surface area contributed by atoms with Crippen molar-refractivity contribution in [1.29, 1.82) is 0 Å². The number of unbranched alkanes of at least 4 members (excludes halogenated alkanes) is 2. The van der Waals surface area contributed by atoms with Crippen LogP contribution in [0.15, 0.2) is 0 Å². The summed E-state index contributed by atoms with van der Waals surface area (Å²) in [5.41, 5.74) is 0. The van der Waals surface area contributed by atoms with Crippen molar-refractivity contribution in [2.45, 2.75) is 39.5 Å². The standard InChI is InChI=1S/C10H18O4.Cd/c1-3-4-5-6-8(10(13)14)7(2)9(11)12;/h7-8H,3-6H2,1-2H3,(H,11,12)(H,13,14);. The zero-order valence-corrected chi connectivity index (χ0v) is 13.4. The number of hydrogen-bond donors (Lipinski definition) is 2. The van der Waals surface area contributed by atoms with E-state index in [2.05, 4.69) is 0 Å². The summed E-state index contributed by atoms with van der Waals surface area (Å²) < 4.78 is 0. The summed E-state index contributed by atoms with van der Waals surface area (Å²) in [5.74, 6) is -3.59. The summed E-state index contributed by atoms with van der Waals surface area (Å²) in [6.45, 7) is 3.48. The molecule has 0 spiro atoms. The Morgan fingerprint density at radius 2 is 1.67 bits per heavy atom. The quantitative estimate of drug-likeness (QED) is 0.556. The Bertz CT molecular complexity index is 206. The molecule has 0 heterocycles. The monoisotopic (exact) mass is 316 g/mol. The van der Waals surface area contributed by atoms with E-state index in [1.807, 2.05) is 6.92 Å². The minimum Gasteiger partial charge on any atom is -0.481 e. The van der Waals surface area contributed by atoms with Crippen LogP contribution in [0, 0.1) is 11.8 Å². The average Bonchev–Trinajstić information content (AvgIpc) is 2.10. The van der Waals surface area contributed by atoms with Crippen molar-refractivity contribution in [3.05, 3.63) is 0 Å². The maximum Gasteiger partial charge on any atom is 0.307 e. The largest absolute Gasteiger partial charge is 0.481 e. The fourth-order valence-corrected chi connectivity index (χ4v) is 1.37. The molecule has 5 heteroatoms. The fraction of sp³-hybridized carbons (Fsp3) is 0.800. The van der Waals surface area contributed by atoms with E-state index < -0.39 is 23.8 Å². The van der Waals surface area contributed by atoms with Gasteiger partial charge in [0.2, 0.25) is 0 Å². The van der Waals surface area contributed by atoms with Crippen molar-refractivity contribution in [3.63, 3.8) is 0 Å². The fourth-order valence-electron chi connectivity index (χ4n) is 1.37. The van der Waals surface area contributed by atoms with Gasteiger partial charge in [0.1, 0.15) is 0 Å². The van der Waals surface area contributed by atoms with Crippen LogP contribution >= 0.6 is 0 Å². The molecule has 84 valence electrons. The predicted molar refractivity (Wildman–Crippen MR) is 52.1 cm³/mol. The van der Waals surface area contributed by atoms with Gasteiger partial charge in [-0.15, -0.1) is 0 Å². The third-order valence-corrected chi connectivity index (χ3v) is 2.43. The van der Waals surface area contributed by atoms with Crippen LogP contribution in [0.5, 0.6) is 0 Å². The van der Waals surface area contributed by atoms with Crippen LogP contribution in [-0.4, -0.2) is 22.2 Å². The molecule has 0 aliphatic heterocycles. The molecule has 0 aliphatic carbocycles. The van der Waals surface area contributed by atoms with E-state index in [1.165, 1.54) is 6.92 Å². The minimum atomic E-state index is -1.03. The molecule has 2 atom stereocenters. The van der Waals surface area contributed by atoms with Crippen LogP contribution in [-0.2, 0) is 36.9 Å². The second kappa shape index (κ2) is 9.11. The molecule has 0 bridgehead atoms. The molecule has 4 nitrogen and oxygen atoms in total. The predicted octanol–water partition coefficient (Wildman–Crippen LogP) is 1.99. The Morgan fingerprint density at radius 3 is 2.00 bits per heavy atom. The van der Waals surface area contributed by atoms with Gasteiger partial charge in [0, 0.05) is 27.3 Å². The zero-order chi connectivity index (χ0) is 11.1. The Kier molecular flexibility index (Phi) is 10.5. The van der Waals surface area contributed by atoms with Crippen molar-refractivity contribution < 1.29 is 47.1 Å². The molecule has 0 rings (SSSR count). The van der Waals surface area contributed by atoms with Crippen molar-refractivity contribution >= 4 is 11.9 Å². The van der Waals surface area contributed by atoms with Gasteiger partial charge in [-0.2, -0.15) is 0 Å². The van der Waals surface area contributed by atoms with Crippen molar-refractivity contribution in [3.8, 4) is 0 Å². The van der Waals surface area contributed by atoms with Crippen LogP contribution in [0.1, 0.15) is 39.5 Å². The van der Waals surface area contributed by atoms with Gasteiger partial charge in [0.15, 0.2) is 0 Å². The molecule has 2 unspecified atom stereocenters. The van der Waals surface area contributed by atoms with Crippen LogP contribution < -0.4 is 0 Å². The van der Waals surface area contributed by atoms with Crippen LogP contribution in [0.25, 0.3) is 0 Å². The smallest absolute Gasteiger partial charge is 0.307 e. The normalized spacial score (nSPS) is 13.7. The first-order valence-electron chi connectivity index (χ1n) is 4.96. The summed E-state index contributed by atoms with van der Waals surface area (Å²) in [5, 5.41) is 17.5. The molecular formula is C10H18CdO4. The summed E-state index contributed by atoms with van der Waals surface area (Å²) in [7, 11) is 0. The summed E-state index contributed by atoms with van der Waals surface area (Å²) >= 11 is 0. The Labute approximate surface area is 110 Å². The van der Waals surface area contributed by atoms with E-state index in [0.717, 1.165) is 19.3 Å². The second-order valence-corrected chi connectivity index (χ2v) is 3.57. The number of hydrogen-bond acceptors (Lipinski definition) is 2. The molecule has 0 aromatic heterocycles. The van der Waals surface area contributed by atoms with Gasteiger partial charge < -0.3 is 10.2 Å². The van der Waals surface area contributed by atoms with Gasteiger partial charge in [0.25, 0.3) is 0 Å². The maximum atomic E-state index is 10.8. The van der Waals surface area contributed by atoms with Gasteiger partial charge in [0.05, 0.1) is 11.8 Å².